The highest BCUT2D eigenvalue weighted by atomic mass is 16.5. The molecule has 0 aromatic rings. The minimum atomic E-state index is -1.02. The molecule has 0 aromatic heterocycles. The van der Waals surface area contributed by atoms with E-state index in [4.69, 9.17) is 9.84 Å². The molecule has 1 fully saturated rings. The zero-order chi connectivity index (χ0) is 15.0. The van der Waals surface area contributed by atoms with Gasteiger partial charge in [0, 0.05) is 26.2 Å². The molecule has 0 aromatic carbocycles. The number of carboxylic acid groups (broad SMARTS) is 1. The fourth-order valence-electron chi connectivity index (χ4n) is 2.26. The Labute approximate surface area is 120 Å². The fourth-order valence-corrected chi connectivity index (χ4v) is 2.26. The number of carbonyl (C=O) groups excluding carboxylic acids is 1. The van der Waals surface area contributed by atoms with Gasteiger partial charge < -0.3 is 19.6 Å². The van der Waals surface area contributed by atoms with Crippen LogP contribution in [0, 0.1) is 0 Å². The Bertz CT molecular complexity index is 346. The molecule has 1 aliphatic heterocycles. The third kappa shape index (κ3) is 5.21. The van der Waals surface area contributed by atoms with E-state index >= 15 is 0 Å². The molecular formula is C14H24N2O4. The number of carboxylic acids is 1. The van der Waals surface area contributed by atoms with Gasteiger partial charge in [0.05, 0.1) is 6.10 Å². The summed E-state index contributed by atoms with van der Waals surface area (Å²) < 4.78 is 5.68. The van der Waals surface area contributed by atoms with Crippen LogP contribution in [0.5, 0.6) is 0 Å². The third-order valence-electron chi connectivity index (χ3n) is 3.15. The standard InChI is InChI=1S/C14H24N2O4/c1-3-7-15(11-13(17)18)14(19)16-8-5-6-12(10-16)20-9-4-2/h3,12H,1,4-11H2,2H3,(H,17,18). The summed E-state index contributed by atoms with van der Waals surface area (Å²) in [5.41, 5.74) is 0. The van der Waals surface area contributed by atoms with E-state index in [9.17, 15) is 9.59 Å². The minimum absolute atomic E-state index is 0.0584. The van der Waals surface area contributed by atoms with Crippen molar-refractivity contribution in [2.24, 2.45) is 0 Å². The third-order valence-corrected chi connectivity index (χ3v) is 3.15. The van der Waals surface area contributed by atoms with Gasteiger partial charge in [0.15, 0.2) is 0 Å². The molecule has 0 bridgehead atoms. The van der Waals surface area contributed by atoms with Crippen molar-refractivity contribution in [3.05, 3.63) is 12.7 Å². The number of nitrogens with zero attached hydrogens (tertiary/aromatic N) is 2. The summed E-state index contributed by atoms with van der Waals surface area (Å²) in [6.45, 7) is 7.42. The Morgan fingerprint density at radius 3 is 2.90 bits per heavy atom. The Hall–Kier alpha value is -1.56. The predicted octanol–water partition coefficient (Wildman–Crippen LogP) is 1.57. The molecule has 1 atom stereocenters. The second-order valence-electron chi connectivity index (χ2n) is 4.93. The van der Waals surface area contributed by atoms with Crippen LogP contribution in [0.25, 0.3) is 0 Å². The lowest BCUT2D eigenvalue weighted by Crippen LogP contribution is -2.50. The van der Waals surface area contributed by atoms with Gasteiger partial charge in [-0.15, -0.1) is 6.58 Å². The Morgan fingerprint density at radius 1 is 1.55 bits per heavy atom. The molecule has 20 heavy (non-hydrogen) atoms. The molecule has 0 radical (unpaired) electrons. The summed E-state index contributed by atoms with van der Waals surface area (Å²) in [4.78, 5) is 26.1. The molecule has 1 rings (SSSR count). The van der Waals surface area contributed by atoms with E-state index in [1.807, 2.05) is 6.92 Å². The first-order valence-electron chi connectivity index (χ1n) is 7.06. The van der Waals surface area contributed by atoms with Gasteiger partial charge in [-0.1, -0.05) is 13.0 Å². The summed E-state index contributed by atoms with van der Waals surface area (Å²) in [6.07, 6.45) is 4.38. The number of likely N-dealkylation sites (tertiary alicyclic amines) is 1. The normalized spacial score (nSPS) is 18.6. The highest BCUT2D eigenvalue weighted by molar-refractivity contribution is 5.80. The fraction of sp³-hybridized carbons (Fsp3) is 0.714. The topological polar surface area (TPSA) is 70.1 Å². The molecule has 6 nitrogen and oxygen atoms in total. The lowest BCUT2D eigenvalue weighted by atomic mass is 10.1. The van der Waals surface area contributed by atoms with Crippen molar-refractivity contribution in [3.8, 4) is 0 Å². The molecular weight excluding hydrogens is 260 g/mol. The molecule has 114 valence electrons. The van der Waals surface area contributed by atoms with E-state index < -0.39 is 5.97 Å². The van der Waals surface area contributed by atoms with Gasteiger partial charge >= 0.3 is 12.0 Å². The molecule has 0 saturated carbocycles. The van der Waals surface area contributed by atoms with Crippen molar-refractivity contribution in [1.29, 1.82) is 0 Å². The maximum absolute atomic E-state index is 12.3. The maximum atomic E-state index is 12.3. The average molecular weight is 284 g/mol. The molecule has 1 heterocycles. The quantitative estimate of drug-likeness (QED) is 0.720. The number of aliphatic carboxylic acids is 1. The summed E-state index contributed by atoms with van der Waals surface area (Å²) in [7, 11) is 0. The molecule has 0 aliphatic carbocycles. The van der Waals surface area contributed by atoms with Crippen LogP contribution in [-0.2, 0) is 9.53 Å². The number of ether oxygens (including phenoxy) is 1. The first kappa shape index (κ1) is 16.5. The van der Waals surface area contributed by atoms with Gasteiger partial charge in [-0.25, -0.2) is 4.79 Å². The zero-order valence-electron chi connectivity index (χ0n) is 12.1. The number of rotatable bonds is 7. The summed E-state index contributed by atoms with van der Waals surface area (Å²) in [6, 6.07) is -0.253. The number of hydrogen-bond donors (Lipinski definition) is 1. The van der Waals surface area contributed by atoms with Gasteiger partial charge in [0.1, 0.15) is 6.54 Å². The van der Waals surface area contributed by atoms with Crippen molar-refractivity contribution < 1.29 is 19.4 Å². The smallest absolute Gasteiger partial charge is 0.323 e. The van der Waals surface area contributed by atoms with Crippen molar-refractivity contribution in [1.82, 2.24) is 9.80 Å². The largest absolute Gasteiger partial charge is 0.480 e. The number of hydrogen-bond acceptors (Lipinski definition) is 3. The minimum Gasteiger partial charge on any atom is -0.480 e. The Morgan fingerprint density at radius 2 is 2.30 bits per heavy atom. The second kappa shape index (κ2) is 8.58. The lowest BCUT2D eigenvalue weighted by molar-refractivity contribution is -0.137. The Balaban J connectivity index is 2.58. The van der Waals surface area contributed by atoms with Gasteiger partial charge in [-0.05, 0) is 19.3 Å². The van der Waals surface area contributed by atoms with Gasteiger partial charge in [0.25, 0.3) is 0 Å². The molecule has 6 heteroatoms. The summed E-state index contributed by atoms with van der Waals surface area (Å²) in [5.74, 6) is -1.02. The van der Waals surface area contributed by atoms with E-state index in [1.54, 1.807) is 4.90 Å². The molecule has 1 saturated heterocycles. The van der Waals surface area contributed by atoms with Gasteiger partial charge in [-0.3, -0.25) is 4.79 Å². The van der Waals surface area contributed by atoms with E-state index in [0.29, 0.717) is 19.7 Å². The highest BCUT2D eigenvalue weighted by Crippen LogP contribution is 2.15. The lowest BCUT2D eigenvalue weighted by Gasteiger charge is -2.35. The first-order chi connectivity index (χ1) is 9.58. The van der Waals surface area contributed by atoms with Crippen molar-refractivity contribution in [2.75, 3.05) is 32.8 Å². The van der Waals surface area contributed by atoms with Crippen LogP contribution in [-0.4, -0.2) is 65.8 Å². The van der Waals surface area contributed by atoms with Crippen LogP contribution >= 0.6 is 0 Å². The molecule has 2 amide bonds. The predicted molar refractivity (Wildman–Crippen MR) is 75.6 cm³/mol. The second-order valence-corrected chi connectivity index (χ2v) is 4.93. The van der Waals surface area contributed by atoms with Crippen molar-refractivity contribution in [3.63, 3.8) is 0 Å². The molecule has 1 N–H and O–H groups in total. The van der Waals surface area contributed by atoms with Crippen molar-refractivity contribution in [2.45, 2.75) is 32.3 Å². The van der Waals surface area contributed by atoms with Gasteiger partial charge in [0.2, 0.25) is 0 Å². The first-order valence-corrected chi connectivity index (χ1v) is 7.06. The highest BCUT2D eigenvalue weighted by Gasteiger charge is 2.27. The van der Waals surface area contributed by atoms with Gasteiger partial charge in [-0.2, -0.15) is 0 Å². The number of carbonyl (C=O) groups is 2. The maximum Gasteiger partial charge on any atom is 0.323 e. The van der Waals surface area contributed by atoms with E-state index in [1.165, 1.54) is 11.0 Å². The zero-order valence-corrected chi connectivity index (χ0v) is 12.1. The van der Waals surface area contributed by atoms with E-state index in [0.717, 1.165) is 19.3 Å². The van der Waals surface area contributed by atoms with E-state index in [2.05, 4.69) is 6.58 Å². The molecule has 1 unspecified atom stereocenters. The molecule has 1 aliphatic rings. The average Bonchev–Trinajstić information content (AvgIpc) is 2.43. The number of amides is 2. The number of piperidine rings is 1. The van der Waals surface area contributed by atoms with Crippen LogP contribution in [0.3, 0.4) is 0 Å². The molecule has 0 spiro atoms. The van der Waals surface area contributed by atoms with Crippen LogP contribution in [0.15, 0.2) is 12.7 Å². The van der Waals surface area contributed by atoms with Crippen LogP contribution < -0.4 is 0 Å². The SMILES string of the molecule is C=CCN(CC(=O)O)C(=O)N1CCCC(OCCC)C1. The van der Waals surface area contributed by atoms with Crippen LogP contribution in [0.1, 0.15) is 26.2 Å². The van der Waals surface area contributed by atoms with E-state index in [-0.39, 0.29) is 25.2 Å². The summed E-state index contributed by atoms with van der Waals surface area (Å²) in [5, 5.41) is 8.85. The van der Waals surface area contributed by atoms with Crippen LogP contribution in [0.4, 0.5) is 4.79 Å². The number of urea groups is 1. The van der Waals surface area contributed by atoms with Crippen molar-refractivity contribution >= 4 is 12.0 Å². The summed E-state index contributed by atoms with van der Waals surface area (Å²) >= 11 is 0. The monoisotopic (exact) mass is 284 g/mol. The Kier molecular flexibility index (Phi) is 7.08. The van der Waals surface area contributed by atoms with Crippen LogP contribution in [0.2, 0.25) is 0 Å².